The molecule has 2 nitrogen and oxygen atoms in total. The van der Waals surface area contributed by atoms with Crippen LogP contribution in [0.2, 0.25) is 0 Å². The van der Waals surface area contributed by atoms with Crippen molar-refractivity contribution in [3.63, 3.8) is 0 Å². The Bertz CT molecular complexity index is 268. The number of hydrogen-bond donors (Lipinski definition) is 0. The van der Waals surface area contributed by atoms with Crippen LogP contribution >= 0.6 is 0 Å². The molecule has 11 heavy (non-hydrogen) atoms. The summed E-state index contributed by atoms with van der Waals surface area (Å²) in [5, 5.41) is 0. The second-order valence-corrected chi connectivity index (χ2v) is 2.15. The molecule has 1 aromatic rings. The molecular formula is C9H9NO. The predicted molar refractivity (Wildman–Crippen MR) is 43.5 cm³/mol. The van der Waals surface area contributed by atoms with Crippen LogP contribution in [0.4, 0.5) is 0 Å². The summed E-state index contributed by atoms with van der Waals surface area (Å²) >= 11 is 0. The van der Waals surface area contributed by atoms with Gasteiger partial charge in [0.1, 0.15) is 0 Å². The van der Waals surface area contributed by atoms with Crippen LogP contribution in [-0.4, -0.2) is 11.3 Å². The van der Waals surface area contributed by atoms with E-state index in [0.29, 0.717) is 12.0 Å². The fourth-order valence-corrected chi connectivity index (χ4v) is 0.865. The van der Waals surface area contributed by atoms with E-state index in [-0.39, 0.29) is 0 Å². The molecule has 0 N–H and O–H groups in total. The van der Waals surface area contributed by atoms with Crippen LogP contribution in [0.5, 0.6) is 0 Å². The number of pyridine rings is 1. The average molecular weight is 147 g/mol. The highest BCUT2D eigenvalue weighted by Crippen LogP contribution is 2.02. The van der Waals surface area contributed by atoms with Crippen LogP contribution in [0.25, 0.3) is 0 Å². The number of aldehydes is 1. The lowest BCUT2D eigenvalue weighted by molar-refractivity contribution is 0.112. The highest BCUT2D eigenvalue weighted by molar-refractivity contribution is 5.76. The molecule has 56 valence electrons. The minimum atomic E-state index is 0.646. The van der Waals surface area contributed by atoms with Crippen LogP contribution in [0.1, 0.15) is 16.1 Å². The third kappa shape index (κ3) is 1.74. The number of nitrogens with zero attached hydrogens (tertiary/aromatic N) is 1. The summed E-state index contributed by atoms with van der Waals surface area (Å²) in [6.45, 7) is 3.58. The van der Waals surface area contributed by atoms with Gasteiger partial charge in [0.15, 0.2) is 6.29 Å². The molecule has 0 unspecified atom stereocenters. The van der Waals surface area contributed by atoms with Crippen molar-refractivity contribution in [2.75, 3.05) is 0 Å². The molecular weight excluding hydrogens is 138 g/mol. The van der Waals surface area contributed by atoms with E-state index in [9.17, 15) is 4.79 Å². The topological polar surface area (TPSA) is 30.0 Å². The molecule has 0 atom stereocenters. The second-order valence-electron chi connectivity index (χ2n) is 2.15. The Morgan fingerprint density at radius 1 is 1.64 bits per heavy atom. The molecule has 0 saturated heterocycles. The van der Waals surface area contributed by atoms with Crippen molar-refractivity contribution in [2.45, 2.75) is 6.42 Å². The summed E-state index contributed by atoms with van der Waals surface area (Å²) in [4.78, 5) is 14.5. The first-order chi connectivity index (χ1) is 5.38. The molecule has 0 radical (unpaired) electrons. The van der Waals surface area contributed by atoms with Crippen LogP contribution in [0, 0.1) is 0 Å². The molecule has 2 heteroatoms. The summed E-state index contributed by atoms with van der Waals surface area (Å²) in [6, 6.07) is 3.50. The van der Waals surface area contributed by atoms with Gasteiger partial charge in [-0.05, 0) is 12.1 Å². The van der Waals surface area contributed by atoms with Crippen molar-refractivity contribution in [2.24, 2.45) is 0 Å². The number of allylic oxidation sites excluding steroid dienone is 1. The molecule has 1 rings (SSSR count). The minimum absolute atomic E-state index is 0.646. The summed E-state index contributed by atoms with van der Waals surface area (Å²) < 4.78 is 0. The molecule has 0 aromatic carbocycles. The quantitative estimate of drug-likeness (QED) is 0.480. The second kappa shape index (κ2) is 3.66. The van der Waals surface area contributed by atoms with E-state index < -0.39 is 0 Å². The van der Waals surface area contributed by atoms with Gasteiger partial charge in [0.05, 0.1) is 5.69 Å². The number of hydrogen-bond acceptors (Lipinski definition) is 2. The van der Waals surface area contributed by atoms with Crippen molar-refractivity contribution in [3.05, 3.63) is 42.2 Å². The third-order valence-corrected chi connectivity index (χ3v) is 1.39. The zero-order valence-electron chi connectivity index (χ0n) is 6.16. The van der Waals surface area contributed by atoms with Gasteiger partial charge in [-0.2, -0.15) is 0 Å². The minimum Gasteiger partial charge on any atom is -0.298 e. The number of carbonyl (C=O) groups excluding carboxylic acids is 1. The van der Waals surface area contributed by atoms with Crippen molar-refractivity contribution in [3.8, 4) is 0 Å². The fraction of sp³-hybridized carbons (Fsp3) is 0.111. The highest BCUT2D eigenvalue weighted by atomic mass is 16.1. The molecule has 1 heterocycles. The molecule has 0 aliphatic rings. The predicted octanol–water partition coefficient (Wildman–Crippen LogP) is 1.62. The molecule has 0 bridgehead atoms. The van der Waals surface area contributed by atoms with E-state index in [1.165, 1.54) is 0 Å². The van der Waals surface area contributed by atoms with E-state index in [2.05, 4.69) is 11.6 Å². The Balaban J connectivity index is 3.01. The smallest absolute Gasteiger partial charge is 0.151 e. The number of aromatic nitrogens is 1. The van der Waals surface area contributed by atoms with Gasteiger partial charge in [0, 0.05) is 18.2 Å². The Labute approximate surface area is 65.6 Å². The first-order valence-electron chi connectivity index (χ1n) is 3.38. The van der Waals surface area contributed by atoms with Gasteiger partial charge < -0.3 is 0 Å². The van der Waals surface area contributed by atoms with Crippen molar-refractivity contribution >= 4 is 6.29 Å². The third-order valence-electron chi connectivity index (χ3n) is 1.39. The lowest BCUT2D eigenvalue weighted by Gasteiger charge is -1.97. The van der Waals surface area contributed by atoms with E-state index in [1.807, 2.05) is 0 Å². The number of rotatable bonds is 3. The standard InChI is InChI=1S/C9H9NO/c1-2-4-9-8(7-11)5-3-6-10-9/h2-3,5-7H,1,4H2. The zero-order valence-corrected chi connectivity index (χ0v) is 6.16. The molecule has 0 aliphatic heterocycles. The Morgan fingerprint density at radius 2 is 2.45 bits per heavy atom. The maximum atomic E-state index is 10.4. The Kier molecular flexibility index (Phi) is 2.55. The van der Waals surface area contributed by atoms with Crippen molar-refractivity contribution in [1.82, 2.24) is 4.98 Å². The van der Waals surface area contributed by atoms with Crippen LogP contribution < -0.4 is 0 Å². The largest absolute Gasteiger partial charge is 0.298 e. The molecule has 0 saturated carbocycles. The van der Waals surface area contributed by atoms with Gasteiger partial charge in [-0.25, -0.2) is 0 Å². The highest BCUT2D eigenvalue weighted by Gasteiger charge is 1.97. The van der Waals surface area contributed by atoms with Gasteiger partial charge in [0.2, 0.25) is 0 Å². The van der Waals surface area contributed by atoms with Gasteiger partial charge in [-0.3, -0.25) is 9.78 Å². The van der Waals surface area contributed by atoms with Crippen LogP contribution in [0.3, 0.4) is 0 Å². The normalized spacial score (nSPS) is 9.09. The van der Waals surface area contributed by atoms with Crippen molar-refractivity contribution in [1.29, 1.82) is 0 Å². The van der Waals surface area contributed by atoms with E-state index >= 15 is 0 Å². The molecule has 0 aliphatic carbocycles. The fourth-order valence-electron chi connectivity index (χ4n) is 0.865. The molecule has 0 spiro atoms. The van der Waals surface area contributed by atoms with Crippen LogP contribution in [-0.2, 0) is 6.42 Å². The van der Waals surface area contributed by atoms with E-state index in [0.717, 1.165) is 12.0 Å². The van der Waals surface area contributed by atoms with Gasteiger partial charge in [-0.1, -0.05) is 6.08 Å². The maximum absolute atomic E-state index is 10.4. The summed E-state index contributed by atoms with van der Waals surface area (Å²) in [5.41, 5.74) is 1.44. The molecule has 0 amide bonds. The Hall–Kier alpha value is -1.44. The maximum Gasteiger partial charge on any atom is 0.151 e. The molecule has 0 fully saturated rings. The van der Waals surface area contributed by atoms with E-state index in [4.69, 9.17) is 0 Å². The van der Waals surface area contributed by atoms with Gasteiger partial charge >= 0.3 is 0 Å². The van der Waals surface area contributed by atoms with E-state index in [1.54, 1.807) is 24.4 Å². The zero-order chi connectivity index (χ0) is 8.10. The molecule has 1 aromatic heterocycles. The lowest BCUT2D eigenvalue weighted by Crippen LogP contribution is -1.93. The monoisotopic (exact) mass is 147 g/mol. The van der Waals surface area contributed by atoms with Crippen molar-refractivity contribution < 1.29 is 4.79 Å². The summed E-state index contributed by atoms with van der Waals surface area (Å²) in [7, 11) is 0. The SMILES string of the molecule is C=CCc1ncccc1C=O. The van der Waals surface area contributed by atoms with Crippen LogP contribution in [0.15, 0.2) is 31.0 Å². The first-order valence-corrected chi connectivity index (χ1v) is 3.38. The Morgan fingerprint density at radius 3 is 3.09 bits per heavy atom. The van der Waals surface area contributed by atoms with Gasteiger partial charge in [-0.15, -0.1) is 6.58 Å². The summed E-state index contributed by atoms with van der Waals surface area (Å²) in [5.74, 6) is 0. The average Bonchev–Trinajstić information content (AvgIpc) is 2.06. The summed E-state index contributed by atoms with van der Waals surface area (Å²) in [6.07, 6.45) is 4.86. The number of carbonyl (C=O) groups is 1. The first kappa shape index (κ1) is 7.66. The van der Waals surface area contributed by atoms with Gasteiger partial charge in [0.25, 0.3) is 0 Å². The lowest BCUT2D eigenvalue weighted by atomic mass is 10.1.